The van der Waals surface area contributed by atoms with Gasteiger partial charge in [0.15, 0.2) is 0 Å². The predicted molar refractivity (Wildman–Crippen MR) is 73.9 cm³/mol. The zero-order valence-corrected chi connectivity index (χ0v) is 11.8. The third-order valence-corrected chi connectivity index (χ3v) is 3.85. The zero-order chi connectivity index (χ0) is 13.1. The second kappa shape index (κ2) is 5.61. The van der Waals surface area contributed by atoms with E-state index in [4.69, 9.17) is 9.47 Å². The van der Waals surface area contributed by atoms with Crippen LogP contribution in [0.25, 0.3) is 0 Å². The molecule has 1 atom stereocenters. The Bertz CT molecular complexity index is 423. The lowest BCUT2D eigenvalue weighted by molar-refractivity contribution is 0.378. The largest absolute Gasteiger partial charge is 0.496 e. The van der Waals surface area contributed by atoms with Crippen molar-refractivity contribution >= 4 is 0 Å². The molecule has 1 unspecified atom stereocenters. The fourth-order valence-corrected chi connectivity index (χ4v) is 2.96. The minimum atomic E-state index is 0.530. The standard InChI is InChI=1S/C15H23NO2/c1-10-8-13(17-3)11(2)14(15(10)18-4)12-6-5-7-16-9-12/h8,12,16H,5-7,9H2,1-4H3. The summed E-state index contributed by atoms with van der Waals surface area (Å²) in [6.07, 6.45) is 2.44. The number of aryl methyl sites for hydroxylation is 1. The first kappa shape index (κ1) is 13.2. The second-order valence-corrected chi connectivity index (χ2v) is 5.01. The Kier molecular flexibility index (Phi) is 4.12. The van der Waals surface area contributed by atoms with Gasteiger partial charge in [-0.25, -0.2) is 0 Å². The molecule has 1 aliphatic rings. The van der Waals surface area contributed by atoms with E-state index in [-0.39, 0.29) is 0 Å². The van der Waals surface area contributed by atoms with Gasteiger partial charge in [0, 0.05) is 18.0 Å². The van der Waals surface area contributed by atoms with E-state index < -0.39 is 0 Å². The van der Waals surface area contributed by atoms with Crippen LogP contribution in [0.5, 0.6) is 11.5 Å². The van der Waals surface area contributed by atoms with Crippen molar-refractivity contribution < 1.29 is 9.47 Å². The van der Waals surface area contributed by atoms with Gasteiger partial charge >= 0.3 is 0 Å². The molecule has 3 nitrogen and oxygen atoms in total. The van der Waals surface area contributed by atoms with Gasteiger partial charge in [-0.2, -0.15) is 0 Å². The van der Waals surface area contributed by atoms with Crippen LogP contribution >= 0.6 is 0 Å². The summed E-state index contributed by atoms with van der Waals surface area (Å²) >= 11 is 0. The minimum absolute atomic E-state index is 0.530. The summed E-state index contributed by atoms with van der Waals surface area (Å²) in [5.74, 6) is 2.53. The smallest absolute Gasteiger partial charge is 0.125 e. The van der Waals surface area contributed by atoms with Crippen LogP contribution in [-0.4, -0.2) is 27.3 Å². The van der Waals surface area contributed by atoms with E-state index in [1.807, 2.05) is 0 Å². The number of rotatable bonds is 3. The molecule has 1 saturated heterocycles. The lowest BCUT2D eigenvalue weighted by Gasteiger charge is -2.28. The summed E-state index contributed by atoms with van der Waals surface area (Å²) in [4.78, 5) is 0. The van der Waals surface area contributed by atoms with E-state index in [0.29, 0.717) is 5.92 Å². The van der Waals surface area contributed by atoms with Gasteiger partial charge in [-0.05, 0) is 50.4 Å². The Morgan fingerprint density at radius 1 is 1.22 bits per heavy atom. The summed E-state index contributed by atoms with van der Waals surface area (Å²) < 4.78 is 11.1. The van der Waals surface area contributed by atoms with Crippen molar-refractivity contribution in [1.82, 2.24) is 5.32 Å². The lowest BCUT2D eigenvalue weighted by atomic mass is 9.86. The third-order valence-electron chi connectivity index (χ3n) is 3.85. The van der Waals surface area contributed by atoms with E-state index in [2.05, 4.69) is 25.2 Å². The second-order valence-electron chi connectivity index (χ2n) is 5.01. The summed E-state index contributed by atoms with van der Waals surface area (Å²) in [6, 6.07) is 2.06. The van der Waals surface area contributed by atoms with E-state index in [0.717, 1.165) is 30.2 Å². The molecule has 100 valence electrons. The molecule has 2 rings (SSSR count). The number of piperidine rings is 1. The van der Waals surface area contributed by atoms with Gasteiger partial charge in [-0.15, -0.1) is 0 Å². The van der Waals surface area contributed by atoms with Crippen LogP contribution in [0.3, 0.4) is 0 Å². The Balaban J connectivity index is 2.50. The molecule has 0 spiro atoms. The summed E-state index contributed by atoms with van der Waals surface area (Å²) in [6.45, 7) is 6.37. The van der Waals surface area contributed by atoms with Gasteiger partial charge in [0.25, 0.3) is 0 Å². The summed E-state index contributed by atoms with van der Waals surface area (Å²) in [5, 5.41) is 3.47. The Hall–Kier alpha value is -1.22. The van der Waals surface area contributed by atoms with Crippen molar-refractivity contribution in [2.45, 2.75) is 32.6 Å². The molecule has 0 saturated carbocycles. The topological polar surface area (TPSA) is 30.5 Å². The molecular formula is C15H23NO2. The number of hydrogen-bond acceptors (Lipinski definition) is 3. The molecular weight excluding hydrogens is 226 g/mol. The highest BCUT2D eigenvalue weighted by Gasteiger charge is 2.24. The molecule has 0 aromatic heterocycles. The van der Waals surface area contributed by atoms with Crippen LogP contribution < -0.4 is 14.8 Å². The molecule has 3 heteroatoms. The van der Waals surface area contributed by atoms with E-state index in [1.165, 1.54) is 24.0 Å². The number of benzene rings is 1. The SMILES string of the molecule is COc1cc(C)c(OC)c(C2CCCNC2)c1C. The monoisotopic (exact) mass is 249 g/mol. The predicted octanol–water partition coefficient (Wildman–Crippen LogP) is 2.79. The fourth-order valence-electron chi connectivity index (χ4n) is 2.96. The van der Waals surface area contributed by atoms with Crippen molar-refractivity contribution in [3.05, 3.63) is 22.8 Å². The Labute approximate surface area is 109 Å². The molecule has 1 aromatic carbocycles. The van der Waals surface area contributed by atoms with Crippen LogP contribution in [0, 0.1) is 13.8 Å². The minimum Gasteiger partial charge on any atom is -0.496 e. The van der Waals surface area contributed by atoms with E-state index in [9.17, 15) is 0 Å². The summed E-state index contributed by atoms with van der Waals surface area (Å²) in [7, 11) is 3.49. The molecule has 1 N–H and O–H groups in total. The maximum Gasteiger partial charge on any atom is 0.125 e. The lowest BCUT2D eigenvalue weighted by Crippen LogP contribution is -2.29. The normalized spacial score (nSPS) is 19.7. The molecule has 18 heavy (non-hydrogen) atoms. The highest BCUT2D eigenvalue weighted by Crippen LogP contribution is 2.40. The average Bonchev–Trinajstić information content (AvgIpc) is 2.41. The highest BCUT2D eigenvalue weighted by molar-refractivity contribution is 5.54. The molecule has 0 amide bonds. The van der Waals surface area contributed by atoms with Crippen LogP contribution in [0.1, 0.15) is 35.4 Å². The average molecular weight is 249 g/mol. The molecule has 1 aliphatic heterocycles. The first-order valence-corrected chi connectivity index (χ1v) is 6.61. The Morgan fingerprint density at radius 2 is 2.00 bits per heavy atom. The van der Waals surface area contributed by atoms with Gasteiger partial charge in [-0.1, -0.05) is 0 Å². The van der Waals surface area contributed by atoms with Crippen molar-refractivity contribution in [1.29, 1.82) is 0 Å². The van der Waals surface area contributed by atoms with Gasteiger partial charge in [0.05, 0.1) is 14.2 Å². The zero-order valence-electron chi connectivity index (χ0n) is 11.8. The van der Waals surface area contributed by atoms with Gasteiger partial charge in [0.2, 0.25) is 0 Å². The first-order valence-electron chi connectivity index (χ1n) is 6.61. The molecule has 0 bridgehead atoms. The number of hydrogen-bond donors (Lipinski definition) is 1. The molecule has 1 fully saturated rings. The maximum atomic E-state index is 5.63. The number of methoxy groups -OCH3 is 2. The molecule has 1 aromatic rings. The van der Waals surface area contributed by atoms with Gasteiger partial charge in [-0.3, -0.25) is 0 Å². The Morgan fingerprint density at radius 3 is 2.56 bits per heavy atom. The van der Waals surface area contributed by atoms with Crippen molar-refractivity contribution in [3.63, 3.8) is 0 Å². The van der Waals surface area contributed by atoms with E-state index >= 15 is 0 Å². The van der Waals surface area contributed by atoms with Crippen molar-refractivity contribution in [2.24, 2.45) is 0 Å². The van der Waals surface area contributed by atoms with Gasteiger partial charge < -0.3 is 14.8 Å². The fraction of sp³-hybridized carbons (Fsp3) is 0.600. The first-order chi connectivity index (χ1) is 8.69. The molecule has 1 heterocycles. The maximum absolute atomic E-state index is 5.63. The highest BCUT2D eigenvalue weighted by atomic mass is 16.5. The van der Waals surface area contributed by atoms with Crippen molar-refractivity contribution in [3.8, 4) is 11.5 Å². The summed E-state index contributed by atoms with van der Waals surface area (Å²) in [5.41, 5.74) is 3.69. The van der Waals surface area contributed by atoms with Crippen LogP contribution in [0.15, 0.2) is 6.07 Å². The van der Waals surface area contributed by atoms with Gasteiger partial charge in [0.1, 0.15) is 11.5 Å². The molecule has 0 radical (unpaired) electrons. The molecule has 0 aliphatic carbocycles. The van der Waals surface area contributed by atoms with E-state index in [1.54, 1.807) is 14.2 Å². The van der Waals surface area contributed by atoms with Crippen LogP contribution in [0.4, 0.5) is 0 Å². The van der Waals surface area contributed by atoms with Crippen LogP contribution in [-0.2, 0) is 0 Å². The third kappa shape index (κ3) is 2.32. The van der Waals surface area contributed by atoms with Crippen LogP contribution in [0.2, 0.25) is 0 Å². The van der Waals surface area contributed by atoms with Crippen molar-refractivity contribution in [2.75, 3.05) is 27.3 Å². The number of nitrogens with one attached hydrogen (secondary N) is 1. The quantitative estimate of drug-likeness (QED) is 0.893. The number of ether oxygens (including phenoxy) is 2.